The lowest BCUT2D eigenvalue weighted by Gasteiger charge is -2.42. The van der Waals surface area contributed by atoms with E-state index in [4.69, 9.17) is 5.73 Å². The number of phenols is 1. The van der Waals surface area contributed by atoms with Gasteiger partial charge in [-0.15, -0.1) is 0 Å². The van der Waals surface area contributed by atoms with Gasteiger partial charge in [0.2, 0.25) is 0 Å². The molecule has 1 fully saturated rings. The summed E-state index contributed by atoms with van der Waals surface area (Å²) in [6.07, 6.45) is 2.80. The van der Waals surface area contributed by atoms with E-state index in [9.17, 15) is 9.50 Å². The molecule has 2 rings (SSSR count). The summed E-state index contributed by atoms with van der Waals surface area (Å²) < 4.78 is 13.7. The zero-order valence-corrected chi connectivity index (χ0v) is 8.89. The summed E-state index contributed by atoms with van der Waals surface area (Å²) in [6, 6.07) is 3.01. The molecular weight excluding hydrogens is 193 g/mol. The average molecular weight is 209 g/mol. The van der Waals surface area contributed by atoms with Gasteiger partial charge in [0.05, 0.1) is 0 Å². The minimum Gasteiger partial charge on any atom is -0.507 e. The van der Waals surface area contributed by atoms with E-state index in [1.165, 1.54) is 6.07 Å². The number of rotatable bonds is 2. The zero-order chi connectivity index (χ0) is 11.1. The van der Waals surface area contributed by atoms with E-state index in [1.807, 2.05) is 0 Å². The molecule has 0 bridgehead atoms. The van der Waals surface area contributed by atoms with Crippen molar-refractivity contribution in [1.82, 2.24) is 0 Å². The molecule has 0 atom stereocenters. The molecule has 0 aliphatic heterocycles. The molecule has 0 spiro atoms. The maximum absolute atomic E-state index is 13.7. The minimum absolute atomic E-state index is 0.0835. The first-order chi connectivity index (χ1) is 7.10. The third-order valence-electron chi connectivity index (χ3n) is 3.56. The van der Waals surface area contributed by atoms with Gasteiger partial charge in [-0.2, -0.15) is 0 Å². The predicted octanol–water partition coefficient (Wildman–Crippen LogP) is 2.22. The standard InChI is InChI=1S/C12H16FNO/c1-8-3-4-9(13)10(11(8)15)12(7-14)5-2-6-12/h3-4,15H,2,5-7,14H2,1H3. The van der Waals surface area contributed by atoms with Gasteiger partial charge in [-0.25, -0.2) is 4.39 Å². The second-order valence-corrected chi connectivity index (χ2v) is 4.43. The van der Waals surface area contributed by atoms with Crippen LogP contribution in [0.25, 0.3) is 0 Å². The molecule has 1 aromatic rings. The number of benzene rings is 1. The number of phenolic OH excluding ortho intramolecular Hbond substituents is 1. The number of aromatic hydroxyl groups is 1. The summed E-state index contributed by atoms with van der Waals surface area (Å²) in [5.41, 5.74) is 6.53. The quantitative estimate of drug-likeness (QED) is 0.784. The molecule has 3 heteroatoms. The van der Waals surface area contributed by atoms with Gasteiger partial charge in [-0.3, -0.25) is 0 Å². The molecule has 1 aromatic carbocycles. The van der Waals surface area contributed by atoms with Crippen molar-refractivity contribution in [2.45, 2.75) is 31.6 Å². The first kappa shape index (κ1) is 10.4. The molecule has 0 radical (unpaired) electrons. The van der Waals surface area contributed by atoms with Crippen LogP contribution in [0.4, 0.5) is 4.39 Å². The highest BCUT2D eigenvalue weighted by Crippen LogP contribution is 2.47. The maximum Gasteiger partial charge on any atom is 0.130 e. The second-order valence-electron chi connectivity index (χ2n) is 4.43. The molecule has 1 saturated carbocycles. The van der Waals surface area contributed by atoms with E-state index < -0.39 is 0 Å². The highest BCUT2D eigenvalue weighted by molar-refractivity contribution is 5.46. The molecule has 1 aliphatic rings. The van der Waals surface area contributed by atoms with Gasteiger partial charge in [-0.05, 0) is 31.4 Å². The van der Waals surface area contributed by atoms with Crippen molar-refractivity contribution in [1.29, 1.82) is 0 Å². The maximum atomic E-state index is 13.7. The Morgan fingerprint density at radius 1 is 1.47 bits per heavy atom. The van der Waals surface area contributed by atoms with Crippen LogP contribution in [0.5, 0.6) is 5.75 Å². The summed E-state index contributed by atoms with van der Waals surface area (Å²) in [5, 5.41) is 9.91. The van der Waals surface area contributed by atoms with Gasteiger partial charge in [-0.1, -0.05) is 12.5 Å². The summed E-state index contributed by atoms with van der Waals surface area (Å²) in [7, 11) is 0. The predicted molar refractivity (Wildman–Crippen MR) is 57.4 cm³/mol. The molecule has 0 unspecified atom stereocenters. The summed E-state index contributed by atoms with van der Waals surface area (Å²) in [5.74, 6) is -0.247. The van der Waals surface area contributed by atoms with E-state index in [2.05, 4.69) is 0 Å². The number of aryl methyl sites for hydroxylation is 1. The fraction of sp³-hybridized carbons (Fsp3) is 0.500. The van der Waals surface area contributed by atoms with Crippen molar-refractivity contribution in [3.63, 3.8) is 0 Å². The molecule has 0 aromatic heterocycles. The van der Waals surface area contributed by atoms with E-state index in [0.717, 1.165) is 19.3 Å². The lowest BCUT2D eigenvalue weighted by atomic mass is 9.64. The molecule has 2 nitrogen and oxygen atoms in total. The van der Waals surface area contributed by atoms with Crippen LogP contribution in [-0.4, -0.2) is 11.7 Å². The van der Waals surface area contributed by atoms with E-state index in [0.29, 0.717) is 17.7 Å². The Morgan fingerprint density at radius 2 is 2.13 bits per heavy atom. The molecule has 15 heavy (non-hydrogen) atoms. The van der Waals surface area contributed by atoms with E-state index in [1.54, 1.807) is 13.0 Å². The number of halogens is 1. The van der Waals surface area contributed by atoms with Gasteiger partial charge >= 0.3 is 0 Å². The van der Waals surface area contributed by atoms with Crippen molar-refractivity contribution < 1.29 is 9.50 Å². The Kier molecular flexibility index (Phi) is 2.43. The fourth-order valence-corrected chi connectivity index (χ4v) is 2.33. The molecule has 0 saturated heterocycles. The van der Waals surface area contributed by atoms with E-state index in [-0.39, 0.29) is 17.0 Å². The van der Waals surface area contributed by atoms with Crippen LogP contribution < -0.4 is 5.73 Å². The monoisotopic (exact) mass is 209 g/mol. The lowest BCUT2D eigenvalue weighted by Crippen LogP contribution is -2.42. The summed E-state index contributed by atoms with van der Waals surface area (Å²) in [4.78, 5) is 0. The fourth-order valence-electron chi connectivity index (χ4n) is 2.33. The Labute approximate surface area is 88.9 Å². The molecule has 0 amide bonds. The van der Waals surface area contributed by atoms with Gasteiger partial charge in [0.25, 0.3) is 0 Å². The largest absolute Gasteiger partial charge is 0.507 e. The first-order valence-electron chi connectivity index (χ1n) is 5.29. The number of hydrogen-bond donors (Lipinski definition) is 2. The number of hydrogen-bond acceptors (Lipinski definition) is 2. The third-order valence-corrected chi connectivity index (χ3v) is 3.56. The minimum atomic E-state index is -0.330. The van der Waals surface area contributed by atoms with Crippen LogP contribution in [0.2, 0.25) is 0 Å². The van der Waals surface area contributed by atoms with Crippen molar-refractivity contribution in [2.24, 2.45) is 5.73 Å². The van der Waals surface area contributed by atoms with Crippen LogP contribution >= 0.6 is 0 Å². The van der Waals surface area contributed by atoms with Crippen molar-refractivity contribution in [3.05, 3.63) is 29.1 Å². The molecule has 0 heterocycles. The molecule has 82 valence electrons. The average Bonchev–Trinajstić information content (AvgIpc) is 2.16. The topological polar surface area (TPSA) is 46.2 Å². The van der Waals surface area contributed by atoms with Gasteiger partial charge < -0.3 is 10.8 Å². The lowest BCUT2D eigenvalue weighted by molar-refractivity contribution is 0.236. The highest BCUT2D eigenvalue weighted by atomic mass is 19.1. The second kappa shape index (κ2) is 3.49. The Morgan fingerprint density at radius 3 is 2.60 bits per heavy atom. The Bertz CT molecular complexity index is 380. The normalized spacial score (nSPS) is 18.6. The molecule has 3 N–H and O–H groups in total. The van der Waals surface area contributed by atoms with Crippen molar-refractivity contribution in [3.8, 4) is 5.75 Å². The van der Waals surface area contributed by atoms with Gasteiger partial charge in [0.1, 0.15) is 11.6 Å². The number of nitrogens with two attached hydrogens (primary N) is 1. The first-order valence-corrected chi connectivity index (χ1v) is 5.29. The Hall–Kier alpha value is -1.09. The highest BCUT2D eigenvalue weighted by Gasteiger charge is 2.41. The van der Waals surface area contributed by atoms with Crippen molar-refractivity contribution >= 4 is 0 Å². The van der Waals surface area contributed by atoms with Crippen LogP contribution in [0, 0.1) is 12.7 Å². The zero-order valence-electron chi connectivity index (χ0n) is 8.89. The van der Waals surface area contributed by atoms with Crippen LogP contribution in [0.15, 0.2) is 12.1 Å². The molecular formula is C12H16FNO. The smallest absolute Gasteiger partial charge is 0.130 e. The van der Waals surface area contributed by atoms with Crippen molar-refractivity contribution in [2.75, 3.05) is 6.54 Å². The van der Waals surface area contributed by atoms with Gasteiger partial charge in [0, 0.05) is 17.5 Å². The SMILES string of the molecule is Cc1ccc(F)c(C2(CN)CCC2)c1O. The Balaban J connectivity index is 2.55. The van der Waals surface area contributed by atoms with E-state index >= 15 is 0 Å². The van der Waals surface area contributed by atoms with Crippen LogP contribution in [-0.2, 0) is 5.41 Å². The molecule has 1 aliphatic carbocycles. The summed E-state index contributed by atoms with van der Waals surface area (Å²) in [6.45, 7) is 2.18. The van der Waals surface area contributed by atoms with Crippen LogP contribution in [0.3, 0.4) is 0 Å². The summed E-state index contributed by atoms with van der Waals surface area (Å²) >= 11 is 0. The third kappa shape index (κ3) is 1.42. The van der Waals surface area contributed by atoms with Crippen LogP contribution in [0.1, 0.15) is 30.4 Å². The van der Waals surface area contributed by atoms with Gasteiger partial charge in [0.15, 0.2) is 0 Å².